The van der Waals surface area contributed by atoms with Gasteiger partial charge < -0.3 is 9.84 Å². The summed E-state index contributed by atoms with van der Waals surface area (Å²) in [5, 5.41) is 8.24. The van der Waals surface area contributed by atoms with E-state index in [4.69, 9.17) is 9.84 Å². The fourth-order valence-electron chi connectivity index (χ4n) is 0.665. The molecule has 0 fully saturated rings. The van der Waals surface area contributed by atoms with Crippen LogP contribution in [0, 0.1) is 0 Å². The molecule has 0 amide bonds. The highest BCUT2D eigenvalue weighted by Gasteiger charge is 2.14. The van der Waals surface area contributed by atoms with Gasteiger partial charge in [0.15, 0.2) is 0 Å². The van der Waals surface area contributed by atoms with Gasteiger partial charge in [0, 0.05) is 6.21 Å². The standard InChI is InChI=1S/C9H15NO4/c1-9(2,3)14-8(13)4-5-10-6-7(11)12/h5H,4,6H2,1-3H3,(H,11,12). The van der Waals surface area contributed by atoms with Crippen molar-refractivity contribution in [3.8, 4) is 0 Å². The predicted octanol–water partition coefficient (Wildman–Crippen LogP) is 0.874. The molecule has 80 valence electrons. The summed E-state index contributed by atoms with van der Waals surface area (Å²) in [6, 6.07) is 0. The van der Waals surface area contributed by atoms with E-state index < -0.39 is 17.5 Å². The Morgan fingerprint density at radius 2 is 2.00 bits per heavy atom. The number of ether oxygens (including phenoxy) is 1. The molecule has 0 atom stereocenters. The number of rotatable bonds is 4. The number of carboxylic acids is 1. The number of hydrogen-bond donors (Lipinski definition) is 1. The summed E-state index contributed by atoms with van der Waals surface area (Å²) in [6.07, 6.45) is 1.26. The number of nitrogens with zero attached hydrogens (tertiary/aromatic N) is 1. The van der Waals surface area contributed by atoms with Crippen LogP contribution in [0.3, 0.4) is 0 Å². The molecule has 5 heteroatoms. The first-order valence-corrected chi connectivity index (χ1v) is 4.23. The van der Waals surface area contributed by atoms with E-state index in [0.29, 0.717) is 0 Å². The number of esters is 1. The Bertz CT molecular complexity index is 240. The molecule has 5 nitrogen and oxygen atoms in total. The van der Waals surface area contributed by atoms with Crippen LogP contribution in [0.2, 0.25) is 0 Å². The largest absolute Gasteiger partial charge is 0.480 e. The molecule has 1 N–H and O–H groups in total. The van der Waals surface area contributed by atoms with E-state index in [0.717, 1.165) is 0 Å². The van der Waals surface area contributed by atoms with Gasteiger partial charge in [-0.05, 0) is 20.8 Å². The van der Waals surface area contributed by atoms with Crippen molar-refractivity contribution >= 4 is 18.2 Å². The van der Waals surface area contributed by atoms with Crippen LogP contribution in [0.15, 0.2) is 4.99 Å². The van der Waals surface area contributed by atoms with Gasteiger partial charge in [-0.15, -0.1) is 0 Å². The van der Waals surface area contributed by atoms with Crippen molar-refractivity contribution in [2.45, 2.75) is 32.8 Å². The van der Waals surface area contributed by atoms with Crippen LogP contribution < -0.4 is 0 Å². The van der Waals surface area contributed by atoms with Gasteiger partial charge in [0.25, 0.3) is 0 Å². The maximum atomic E-state index is 11.0. The molecule has 0 aromatic heterocycles. The summed E-state index contributed by atoms with van der Waals surface area (Å²) in [5.74, 6) is -1.43. The van der Waals surface area contributed by atoms with E-state index in [2.05, 4.69) is 4.99 Å². The normalized spacial score (nSPS) is 11.6. The molecular formula is C9H15NO4. The molecule has 0 aliphatic carbocycles. The minimum absolute atomic E-state index is 0.00451. The second-order valence-electron chi connectivity index (χ2n) is 3.71. The Kier molecular flexibility index (Phi) is 4.83. The van der Waals surface area contributed by atoms with Crippen molar-refractivity contribution in [2.24, 2.45) is 4.99 Å². The Hall–Kier alpha value is -1.39. The lowest BCUT2D eigenvalue weighted by molar-refractivity contribution is -0.153. The lowest BCUT2D eigenvalue weighted by atomic mass is 10.2. The molecule has 0 aromatic rings. The van der Waals surface area contributed by atoms with E-state index in [-0.39, 0.29) is 13.0 Å². The van der Waals surface area contributed by atoms with Crippen molar-refractivity contribution in [2.75, 3.05) is 6.54 Å². The summed E-state index contributed by atoms with van der Waals surface area (Å²) >= 11 is 0. The zero-order valence-corrected chi connectivity index (χ0v) is 8.61. The third-order valence-corrected chi connectivity index (χ3v) is 1.03. The molecule has 0 saturated carbocycles. The zero-order chi connectivity index (χ0) is 11.2. The van der Waals surface area contributed by atoms with Crippen molar-refractivity contribution in [1.82, 2.24) is 0 Å². The van der Waals surface area contributed by atoms with Gasteiger partial charge in [0.05, 0.1) is 6.42 Å². The van der Waals surface area contributed by atoms with Crippen LogP contribution in [-0.4, -0.2) is 35.4 Å². The number of carbonyl (C=O) groups is 2. The maximum absolute atomic E-state index is 11.0. The van der Waals surface area contributed by atoms with E-state index >= 15 is 0 Å². The molecule has 0 aliphatic rings. The van der Waals surface area contributed by atoms with Crippen molar-refractivity contribution in [1.29, 1.82) is 0 Å². The van der Waals surface area contributed by atoms with E-state index in [1.807, 2.05) is 0 Å². The Labute approximate surface area is 82.8 Å². The fraction of sp³-hybridized carbons (Fsp3) is 0.667. The molecular weight excluding hydrogens is 186 g/mol. The monoisotopic (exact) mass is 201 g/mol. The number of hydrogen-bond acceptors (Lipinski definition) is 4. The number of aliphatic imine (C=N–C) groups is 1. The van der Waals surface area contributed by atoms with Gasteiger partial charge in [-0.25, -0.2) is 0 Å². The smallest absolute Gasteiger partial charge is 0.325 e. The minimum Gasteiger partial charge on any atom is -0.480 e. The highest BCUT2D eigenvalue weighted by atomic mass is 16.6. The predicted molar refractivity (Wildman–Crippen MR) is 51.5 cm³/mol. The highest BCUT2D eigenvalue weighted by Crippen LogP contribution is 2.07. The molecule has 0 spiro atoms. The number of carbonyl (C=O) groups excluding carboxylic acids is 1. The molecule has 0 rings (SSSR count). The minimum atomic E-state index is -1.02. The first-order chi connectivity index (χ1) is 6.31. The molecule has 0 unspecified atom stereocenters. The van der Waals surface area contributed by atoms with Gasteiger partial charge in [0.1, 0.15) is 12.1 Å². The van der Waals surface area contributed by atoms with E-state index in [9.17, 15) is 9.59 Å². The van der Waals surface area contributed by atoms with E-state index in [1.165, 1.54) is 6.21 Å². The second-order valence-corrected chi connectivity index (χ2v) is 3.71. The molecule has 0 heterocycles. The fourth-order valence-corrected chi connectivity index (χ4v) is 0.665. The lowest BCUT2D eigenvalue weighted by Crippen LogP contribution is -2.23. The summed E-state index contributed by atoms with van der Waals surface area (Å²) in [6.45, 7) is 4.97. The first-order valence-electron chi connectivity index (χ1n) is 4.23. The Morgan fingerprint density at radius 3 is 2.43 bits per heavy atom. The van der Waals surface area contributed by atoms with Gasteiger partial charge in [-0.2, -0.15) is 0 Å². The number of aliphatic carboxylic acids is 1. The molecule has 0 aromatic carbocycles. The van der Waals surface area contributed by atoms with Crippen molar-refractivity contribution < 1.29 is 19.4 Å². The summed E-state index contributed by atoms with van der Waals surface area (Å²) in [4.78, 5) is 24.6. The SMILES string of the molecule is CC(C)(C)OC(=O)CC=NCC(=O)O. The average Bonchev–Trinajstić information content (AvgIpc) is 1.94. The summed E-state index contributed by atoms with van der Waals surface area (Å²) in [5.41, 5.74) is -0.516. The third kappa shape index (κ3) is 8.70. The Morgan fingerprint density at radius 1 is 1.43 bits per heavy atom. The van der Waals surface area contributed by atoms with Crippen LogP contribution in [0.1, 0.15) is 27.2 Å². The van der Waals surface area contributed by atoms with Crippen LogP contribution in [0.5, 0.6) is 0 Å². The molecule has 0 aliphatic heterocycles. The first kappa shape index (κ1) is 12.6. The highest BCUT2D eigenvalue weighted by molar-refractivity contribution is 5.86. The Balaban J connectivity index is 3.75. The van der Waals surface area contributed by atoms with Crippen LogP contribution >= 0.6 is 0 Å². The molecule has 14 heavy (non-hydrogen) atoms. The van der Waals surface area contributed by atoms with Crippen molar-refractivity contribution in [3.63, 3.8) is 0 Å². The van der Waals surface area contributed by atoms with Gasteiger partial charge in [0.2, 0.25) is 0 Å². The van der Waals surface area contributed by atoms with Crippen molar-refractivity contribution in [3.05, 3.63) is 0 Å². The third-order valence-electron chi connectivity index (χ3n) is 1.03. The second kappa shape index (κ2) is 5.36. The maximum Gasteiger partial charge on any atom is 0.325 e. The van der Waals surface area contributed by atoms with Gasteiger partial charge >= 0.3 is 11.9 Å². The van der Waals surface area contributed by atoms with Gasteiger partial charge in [-0.3, -0.25) is 14.6 Å². The molecule has 0 saturated heterocycles. The van der Waals surface area contributed by atoms with Gasteiger partial charge in [-0.1, -0.05) is 0 Å². The zero-order valence-electron chi connectivity index (χ0n) is 8.61. The van der Waals surface area contributed by atoms with E-state index in [1.54, 1.807) is 20.8 Å². The van der Waals surface area contributed by atoms with Crippen LogP contribution in [0.4, 0.5) is 0 Å². The average molecular weight is 201 g/mol. The summed E-state index contributed by atoms with van der Waals surface area (Å²) < 4.78 is 4.97. The van der Waals surface area contributed by atoms with Crippen LogP contribution in [-0.2, 0) is 14.3 Å². The molecule has 0 bridgehead atoms. The quantitative estimate of drug-likeness (QED) is 0.541. The number of carboxylic acid groups (broad SMARTS) is 1. The topological polar surface area (TPSA) is 76.0 Å². The summed E-state index contributed by atoms with van der Waals surface area (Å²) in [7, 11) is 0. The molecule has 0 radical (unpaired) electrons. The van der Waals surface area contributed by atoms with Crippen LogP contribution in [0.25, 0.3) is 0 Å². The lowest BCUT2D eigenvalue weighted by Gasteiger charge is -2.18.